The summed E-state index contributed by atoms with van der Waals surface area (Å²) in [6.45, 7) is 6.46. The van der Waals surface area contributed by atoms with Crippen LogP contribution in [0.4, 0.5) is 4.39 Å². The van der Waals surface area contributed by atoms with Crippen LogP contribution < -0.4 is 0 Å². The van der Waals surface area contributed by atoms with Crippen LogP contribution >= 0.6 is 23.2 Å². The summed E-state index contributed by atoms with van der Waals surface area (Å²) in [5.41, 5.74) is 4.35. The lowest BCUT2D eigenvalue weighted by Crippen LogP contribution is -2.10. The predicted octanol–water partition coefficient (Wildman–Crippen LogP) is 7.04. The number of pyridine rings is 1. The Balaban J connectivity index is 1.75. The first-order valence-corrected chi connectivity index (χ1v) is 9.59. The zero-order valence-corrected chi connectivity index (χ0v) is 17.2. The highest BCUT2D eigenvalue weighted by molar-refractivity contribution is 6.36. The van der Waals surface area contributed by atoms with E-state index in [1.165, 1.54) is 17.8 Å². The molecule has 0 aliphatic heterocycles. The summed E-state index contributed by atoms with van der Waals surface area (Å²) in [7, 11) is 0. The third-order valence-electron chi connectivity index (χ3n) is 4.65. The number of hydrogen-bond donors (Lipinski definition) is 1. The first-order chi connectivity index (χ1) is 13.2. The number of fused-ring (bicyclic) bond motifs is 1. The molecule has 4 aromatic rings. The second-order valence-corrected chi connectivity index (χ2v) is 8.59. The maximum atomic E-state index is 14.9. The van der Waals surface area contributed by atoms with Gasteiger partial charge in [-0.3, -0.25) is 4.98 Å². The first-order valence-electron chi connectivity index (χ1n) is 8.84. The van der Waals surface area contributed by atoms with E-state index in [4.69, 9.17) is 23.2 Å². The Bertz CT molecular complexity index is 1190. The van der Waals surface area contributed by atoms with Crippen molar-refractivity contribution in [1.82, 2.24) is 15.0 Å². The molecule has 2 heterocycles. The number of benzene rings is 2. The minimum atomic E-state index is -0.402. The number of rotatable bonds is 2. The molecule has 0 atom stereocenters. The van der Waals surface area contributed by atoms with E-state index in [0.717, 1.165) is 11.0 Å². The molecule has 2 aromatic carbocycles. The number of nitrogens with one attached hydrogen (secondary N) is 1. The van der Waals surface area contributed by atoms with Gasteiger partial charge in [0.25, 0.3) is 0 Å². The van der Waals surface area contributed by atoms with Crippen molar-refractivity contribution >= 4 is 34.2 Å². The minimum Gasteiger partial charge on any atom is -0.338 e. The monoisotopic (exact) mass is 413 g/mol. The highest BCUT2D eigenvalue weighted by atomic mass is 35.5. The third-order valence-corrected chi connectivity index (χ3v) is 5.15. The number of aromatic amines is 1. The van der Waals surface area contributed by atoms with Crippen molar-refractivity contribution < 1.29 is 4.39 Å². The molecule has 1 N–H and O–H groups in total. The van der Waals surface area contributed by atoms with Crippen molar-refractivity contribution in [3.05, 3.63) is 70.1 Å². The summed E-state index contributed by atoms with van der Waals surface area (Å²) in [4.78, 5) is 12.0. The Kier molecular flexibility index (Phi) is 4.64. The minimum absolute atomic E-state index is 0.0250. The van der Waals surface area contributed by atoms with Gasteiger partial charge in [-0.15, -0.1) is 0 Å². The molecule has 0 aliphatic rings. The molecule has 6 heteroatoms. The van der Waals surface area contributed by atoms with Gasteiger partial charge in [0, 0.05) is 11.8 Å². The largest absolute Gasteiger partial charge is 0.338 e. The fourth-order valence-corrected chi connectivity index (χ4v) is 3.57. The molecule has 0 bridgehead atoms. The summed E-state index contributed by atoms with van der Waals surface area (Å²) < 4.78 is 14.9. The summed E-state index contributed by atoms with van der Waals surface area (Å²) in [6, 6.07) is 12.5. The molecule has 2 aromatic heterocycles. The molecule has 142 valence electrons. The number of halogens is 3. The van der Waals surface area contributed by atoms with E-state index < -0.39 is 5.82 Å². The molecule has 0 fully saturated rings. The topological polar surface area (TPSA) is 41.6 Å². The highest BCUT2D eigenvalue weighted by Gasteiger charge is 2.17. The SMILES string of the molecule is CC(C)(C)c1ccc2nc(-c3ccc(-c4ncc(Cl)cc4Cl)cc3F)[nH]c2c1. The zero-order chi connectivity index (χ0) is 20.1. The zero-order valence-electron chi connectivity index (χ0n) is 15.6. The van der Waals surface area contributed by atoms with Gasteiger partial charge in [0.1, 0.15) is 11.6 Å². The van der Waals surface area contributed by atoms with Gasteiger partial charge in [0.05, 0.1) is 32.3 Å². The Hall–Kier alpha value is -2.43. The number of H-pyrrole nitrogens is 1. The van der Waals surface area contributed by atoms with Crippen LogP contribution in [0.1, 0.15) is 26.3 Å². The van der Waals surface area contributed by atoms with E-state index in [-0.39, 0.29) is 5.41 Å². The van der Waals surface area contributed by atoms with E-state index in [1.807, 2.05) is 6.07 Å². The summed E-state index contributed by atoms with van der Waals surface area (Å²) in [5, 5.41) is 0.806. The second kappa shape index (κ2) is 6.87. The van der Waals surface area contributed by atoms with Gasteiger partial charge in [0.15, 0.2) is 0 Å². The normalized spacial score (nSPS) is 11.9. The fraction of sp³-hybridized carbons (Fsp3) is 0.182. The molecular weight excluding hydrogens is 396 g/mol. The maximum absolute atomic E-state index is 14.9. The Morgan fingerprint density at radius 1 is 1.00 bits per heavy atom. The molecular formula is C22H18Cl2FN3. The number of nitrogens with zero attached hydrogens (tertiary/aromatic N) is 2. The van der Waals surface area contributed by atoms with E-state index in [2.05, 4.69) is 47.9 Å². The molecule has 0 aliphatic carbocycles. The summed E-state index contributed by atoms with van der Waals surface area (Å²) >= 11 is 12.1. The lowest BCUT2D eigenvalue weighted by molar-refractivity contribution is 0.591. The van der Waals surface area contributed by atoms with Gasteiger partial charge in [-0.25, -0.2) is 9.37 Å². The summed E-state index contributed by atoms with van der Waals surface area (Å²) in [6.07, 6.45) is 1.49. The molecule has 4 rings (SSSR count). The lowest BCUT2D eigenvalue weighted by atomic mass is 9.87. The van der Waals surface area contributed by atoms with E-state index in [9.17, 15) is 4.39 Å². The predicted molar refractivity (Wildman–Crippen MR) is 113 cm³/mol. The van der Waals surface area contributed by atoms with E-state index in [0.29, 0.717) is 32.7 Å². The van der Waals surface area contributed by atoms with Gasteiger partial charge in [-0.1, -0.05) is 56.1 Å². The quantitative estimate of drug-likeness (QED) is 0.382. The summed E-state index contributed by atoms with van der Waals surface area (Å²) in [5.74, 6) is 0.0840. The van der Waals surface area contributed by atoms with Crippen LogP contribution in [0.5, 0.6) is 0 Å². The van der Waals surface area contributed by atoms with Gasteiger partial charge in [-0.2, -0.15) is 0 Å². The molecule has 28 heavy (non-hydrogen) atoms. The molecule has 3 nitrogen and oxygen atoms in total. The molecule has 0 unspecified atom stereocenters. The van der Waals surface area contributed by atoms with Crippen molar-refractivity contribution in [3.8, 4) is 22.6 Å². The molecule has 0 radical (unpaired) electrons. The molecule has 0 spiro atoms. The van der Waals surface area contributed by atoms with Crippen LogP contribution in [0, 0.1) is 5.82 Å². The third kappa shape index (κ3) is 3.50. The smallest absolute Gasteiger partial charge is 0.141 e. The van der Waals surface area contributed by atoms with Crippen molar-refractivity contribution in [3.63, 3.8) is 0 Å². The van der Waals surface area contributed by atoms with Crippen molar-refractivity contribution in [2.45, 2.75) is 26.2 Å². The molecule has 0 saturated carbocycles. The van der Waals surface area contributed by atoms with Crippen LogP contribution in [0.2, 0.25) is 10.0 Å². The number of hydrogen-bond acceptors (Lipinski definition) is 2. The number of aromatic nitrogens is 3. The van der Waals surface area contributed by atoms with Crippen molar-refractivity contribution in [2.75, 3.05) is 0 Å². The van der Waals surface area contributed by atoms with Crippen molar-refractivity contribution in [2.24, 2.45) is 0 Å². The van der Waals surface area contributed by atoms with Gasteiger partial charge < -0.3 is 4.98 Å². The van der Waals surface area contributed by atoms with E-state index >= 15 is 0 Å². The Labute approximate surface area is 172 Å². The molecule has 0 amide bonds. The van der Waals surface area contributed by atoms with E-state index in [1.54, 1.807) is 18.2 Å². The lowest BCUT2D eigenvalue weighted by Gasteiger charge is -2.18. The van der Waals surface area contributed by atoms with Gasteiger partial charge in [-0.05, 0) is 41.3 Å². The van der Waals surface area contributed by atoms with Crippen LogP contribution in [0.15, 0.2) is 48.7 Å². The first kappa shape index (κ1) is 18.9. The number of imidazole rings is 1. The fourth-order valence-electron chi connectivity index (χ4n) is 3.09. The Morgan fingerprint density at radius 2 is 1.79 bits per heavy atom. The van der Waals surface area contributed by atoms with Gasteiger partial charge >= 0.3 is 0 Å². The average Bonchev–Trinajstić information content (AvgIpc) is 3.03. The van der Waals surface area contributed by atoms with Crippen LogP contribution in [-0.4, -0.2) is 15.0 Å². The molecule has 0 saturated heterocycles. The van der Waals surface area contributed by atoms with Crippen LogP contribution in [0.3, 0.4) is 0 Å². The highest BCUT2D eigenvalue weighted by Crippen LogP contribution is 2.32. The van der Waals surface area contributed by atoms with Crippen molar-refractivity contribution in [1.29, 1.82) is 0 Å². The van der Waals surface area contributed by atoms with Crippen LogP contribution in [0.25, 0.3) is 33.7 Å². The second-order valence-electron chi connectivity index (χ2n) is 7.75. The van der Waals surface area contributed by atoms with Crippen LogP contribution in [-0.2, 0) is 5.41 Å². The standard InChI is InChI=1S/C22H18Cl2FN3/c1-22(2,3)13-5-7-18-19(9-13)28-21(27-18)15-6-4-12(8-17(15)25)20-16(24)10-14(23)11-26-20/h4-11H,1-3H3,(H,27,28). The Morgan fingerprint density at radius 3 is 2.46 bits per heavy atom. The average molecular weight is 414 g/mol. The maximum Gasteiger partial charge on any atom is 0.141 e. The van der Waals surface area contributed by atoms with Gasteiger partial charge in [0.2, 0.25) is 0 Å².